The molecular formula is C42H68O12. The first-order chi connectivity index (χ1) is 25.7. The van der Waals surface area contributed by atoms with Crippen molar-refractivity contribution in [1.82, 2.24) is 0 Å². The van der Waals surface area contributed by atoms with E-state index in [0.717, 1.165) is 44.9 Å². The van der Waals surface area contributed by atoms with Crippen LogP contribution in [-0.2, 0) is 47.4 Å². The van der Waals surface area contributed by atoms with Crippen LogP contribution in [0.1, 0.15) is 106 Å². The lowest BCUT2D eigenvalue weighted by molar-refractivity contribution is -0.338. The Morgan fingerprint density at radius 3 is 1.83 bits per heavy atom. The molecule has 12 nitrogen and oxygen atoms in total. The van der Waals surface area contributed by atoms with Crippen molar-refractivity contribution in [3.63, 3.8) is 0 Å². The Bertz CT molecular complexity index is 1360. The number of aliphatic hydroxyl groups is 2. The summed E-state index contributed by atoms with van der Waals surface area (Å²) in [4.78, 5) is 0. The molecule has 4 saturated heterocycles. The fourth-order valence-electron chi connectivity index (χ4n) is 12.9. The Kier molecular flexibility index (Phi) is 11.2. The van der Waals surface area contributed by atoms with Crippen molar-refractivity contribution in [2.24, 2.45) is 28.6 Å². The highest BCUT2D eigenvalue weighted by atomic mass is 16.7. The lowest BCUT2D eigenvalue weighted by Crippen LogP contribution is -2.64. The fraction of sp³-hybridized carbons (Fsp3) is 0.952. The van der Waals surface area contributed by atoms with Gasteiger partial charge < -0.3 is 57.6 Å². The highest BCUT2D eigenvalue weighted by Crippen LogP contribution is 2.71. The van der Waals surface area contributed by atoms with Crippen LogP contribution < -0.4 is 0 Å². The van der Waals surface area contributed by atoms with Gasteiger partial charge in [-0.05, 0) is 95.8 Å². The molecule has 8 aliphatic rings. The number of fused-ring (bicyclic) bond motifs is 4. The van der Waals surface area contributed by atoms with Crippen LogP contribution in [0.5, 0.6) is 0 Å². The summed E-state index contributed by atoms with van der Waals surface area (Å²) in [5.41, 5.74) is 0.731. The second-order valence-electron chi connectivity index (χ2n) is 18.5. The summed E-state index contributed by atoms with van der Waals surface area (Å²) in [6, 6.07) is 0. The zero-order valence-electron chi connectivity index (χ0n) is 34.0. The molecule has 0 aromatic carbocycles. The van der Waals surface area contributed by atoms with E-state index in [4.69, 9.17) is 47.4 Å². The molecule has 4 aliphatic carbocycles. The minimum atomic E-state index is -0.712. The summed E-state index contributed by atoms with van der Waals surface area (Å²) in [5.74, 6) is 1.15. The Hall–Kier alpha value is -0.740. The molecule has 0 radical (unpaired) electrons. The minimum absolute atomic E-state index is 0.0414. The Balaban J connectivity index is 0.865. The number of allylic oxidation sites excluding steroid dienone is 1. The van der Waals surface area contributed by atoms with Crippen molar-refractivity contribution >= 4 is 0 Å². The highest BCUT2D eigenvalue weighted by Gasteiger charge is 2.73. The first kappa shape index (κ1) is 40.1. The highest BCUT2D eigenvalue weighted by molar-refractivity contribution is 5.30. The van der Waals surface area contributed by atoms with E-state index in [-0.39, 0.29) is 71.7 Å². The van der Waals surface area contributed by atoms with Crippen molar-refractivity contribution in [3.8, 4) is 0 Å². The Labute approximate surface area is 322 Å². The predicted octanol–water partition coefficient (Wildman–Crippen LogP) is 5.04. The van der Waals surface area contributed by atoms with E-state index in [1.54, 1.807) is 21.3 Å². The molecule has 7 fully saturated rings. The molecular weight excluding hydrogens is 696 g/mol. The van der Waals surface area contributed by atoms with E-state index in [0.29, 0.717) is 31.1 Å². The number of rotatable bonds is 9. The third-order valence-electron chi connectivity index (χ3n) is 16.1. The van der Waals surface area contributed by atoms with Crippen LogP contribution in [0.25, 0.3) is 0 Å². The van der Waals surface area contributed by atoms with E-state index in [2.05, 4.69) is 26.8 Å². The normalized spacial score (nSPS) is 55.8. The topological polar surface area (TPSA) is 133 Å². The molecule has 4 heterocycles. The SMILES string of the molecule is CO[C@H]1C[C@H](O[C@H]2CC[C@@]3(C)C(=CC[C@@H]4[C@@H]3C[C@H]3O[C@H](C)[C@@H]5CC[C@@]4(O)[C@]35C)C2)O[C@H](C)[C@H]1O[C@H]1C[C@@H](OC)[C@H](O[C@H]2C[C@@H](OC)[C@H](O)[C@@H](C)O2)[C@@H](C)O1. The van der Waals surface area contributed by atoms with Crippen molar-refractivity contribution < 1.29 is 57.6 Å². The smallest absolute Gasteiger partial charge is 0.161 e. The first-order valence-electron chi connectivity index (χ1n) is 21.0. The second kappa shape index (κ2) is 15.1. The van der Waals surface area contributed by atoms with E-state index in [1.165, 1.54) is 5.57 Å². The molecule has 308 valence electrons. The third-order valence-corrected chi connectivity index (χ3v) is 16.1. The summed E-state index contributed by atoms with van der Waals surface area (Å²) >= 11 is 0. The molecule has 21 atom stereocenters. The summed E-state index contributed by atoms with van der Waals surface area (Å²) in [7, 11) is 4.98. The average Bonchev–Trinajstić information content (AvgIpc) is 3.58. The molecule has 3 saturated carbocycles. The Morgan fingerprint density at radius 1 is 0.648 bits per heavy atom. The number of ether oxygens (including phenoxy) is 10. The lowest BCUT2D eigenvalue weighted by atomic mass is 9.45. The van der Waals surface area contributed by atoms with Gasteiger partial charge in [-0.15, -0.1) is 0 Å². The van der Waals surface area contributed by atoms with Gasteiger partial charge in [0, 0.05) is 46.0 Å². The number of methoxy groups -OCH3 is 3. The monoisotopic (exact) mass is 764 g/mol. The third kappa shape index (κ3) is 6.49. The summed E-state index contributed by atoms with van der Waals surface area (Å²) in [5, 5.41) is 22.9. The van der Waals surface area contributed by atoms with Crippen molar-refractivity contribution in [2.75, 3.05) is 21.3 Å². The fourth-order valence-corrected chi connectivity index (χ4v) is 12.9. The van der Waals surface area contributed by atoms with E-state index in [1.807, 2.05) is 20.8 Å². The van der Waals surface area contributed by atoms with Gasteiger partial charge in [0.05, 0.1) is 60.5 Å². The predicted molar refractivity (Wildman–Crippen MR) is 196 cm³/mol. The molecule has 0 unspecified atom stereocenters. The van der Waals surface area contributed by atoms with Gasteiger partial charge in [-0.25, -0.2) is 0 Å². The second-order valence-corrected chi connectivity index (χ2v) is 18.5. The molecule has 54 heavy (non-hydrogen) atoms. The maximum atomic E-state index is 12.5. The number of aliphatic hydroxyl groups excluding tert-OH is 1. The van der Waals surface area contributed by atoms with Crippen LogP contribution in [0, 0.1) is 28.6 Å². The van der Waals surface area contributed by atoms with Gasteiger partial charge in [-0.1, -0.05) is 25.5 Å². The zero-order valence-corrected chi connectivity index (χ0v) is 34.0. The van der Waals surface area contributed by atoms with Crippen LogP contribution in [0.2, 0.25) is 0 Å². The molecule has 0 amide bonds. The van der Waals surface area contributed by atoms with Crippen molar-refractivity contribution in [3.05, 3.63) is 11.6 Å². The van der Waals surface area contributed by atoms with Crippen LogP contribution in [-0.4, -0.2) is 129 Å². The molecule has 0 spiro atoms. The average molecular weight is 765 g/mol. The first-order valence-corrected chi connectivity index (χ1v) is 21.0. The molecule has 8 rings (SSSR count). The standard InChI is InChI=1S/C42H68O12/c1-21-27-13-15-42(44)28-11-10-25-16-26(12-14-40(25,5)29(28)17-33(48-21)41(27,42)6)52-34-19-31(46-8)38(23(3)50-34)54-36-20-32(47-9)39(24(4)51-36)53-35-18-30(45-7)37(43)22(2)49-35/h10,21-24,26-39,43-44H,11-20H2,1-9H3/t21-,22-,23-,24-,26+,27+,28-,29+,30-,31+,32-,33-,34+,35+,36+,37-,38-,39-,40+,41+,42+/m1/s1. The molecule has 0 aromatic heterocycles. The van der Waals surface area contributed by atoms with Gasteiger partial charge in [0.25, 0.3) is 0 Å². The largest absolute Gasteiger partial charge is 0.389 e. The minimum Gasteiger partial charge on any atom is -0.389 e. The van der Waals surface area contributed by atoms with Crippen molar-refractivity contribution in [2.45, 2.75) is 203 Å². The molecule has 0 aromatic rings. The molecule has 0 bridgehead atoms. The van der Waals surface area contributed by atoms with Crippen molar-refractivity contribution in [1.29, 1.82) is 0 Å². The summed E-state index contributed by atoms with van der Waals surface area (Å²) in [6.07, 6.45) is 6.20. The molecule has 4 aliphatic heterocycles. The van der Waals surface area contributed by atoms with E-state index >= 15 is 0 Å². The maximum absolute atomic E-state index is 12.5. The quantitative estimate of drug-likeness (QED) is 0.305. The zero-order chi connectivity index (χ0) is 38.3. The van der Waals surface area contributed by atoms with Gasteiger partial charge in [-0.2, -0.15) is 0 Å². The van der Waals surface area contributed by atoms with Gasteiger partial charge in [0.15, 0.2) is 18.9 Å². The Morgan fingerprint density at radius 2 is 1.22 bits per heavy atom. The van der Waals surface area contributed by atoms with Gasteiger partial charge >= 0.3 is 0 Å². The van der Waals surface area contributed by atoms with Crippen LogP contribution in [0.15, 0.2) is 11.6 Å². The number of hydrogen-bond donors (Lipinski definition) is 2. The van der Waals surface area contributed by atoms with Crippen LogP contribution in [0.3, 0.4) is 0 Å². The lowest BCUT2D eigenvalue weighted by Gasteiger charge is -2.61. The van der Waals surface area contributed by atoms with Gasteiger partial charge in [0.2, 0.25) is 0 Å². The van der Waals surface area contributed by atoms with Gasteiger partial charge in [-0.3, -0.25) is 0 Å². The van der Waals surface area contributed by atoms with Crippen LogP contribution in [0.4, 0.5) is 0 Å². The molecule has 2 N–H and O–H groups in total. The van der Waals surface area contributed by atoms with Gasteiger partial charge in [0.1, 0.15) is 18.3 Å². The number of hydrogen-bond acceptors (Lipinski definition) is 12. The summed E-state index contributed by atoms with van der Waals surface area (Å²) in [6.45, 7) is 12.8. The van der Waals surface area contributed by atoms with Crippen LogP contribution >= 0.6 is 0 Å². The van der Waals surface area contributed by atoms with E-state index in [9.17, 15) is 10.2 Å². The molecule has 12 heteroatoms. The summed E-state index contributed by atoms with van der Waals surface area (Å²) < 4.78 is 62.7. The van der Waals surface area contributed by atoms with E-state index < -0.39 is 42.8 Å². The maximum Gasteiger partial charge on any atom is 0.161 e.